The Balaban J connectivity index is 1.99. The molecule has 1 aliphatic rings. The fourth-order valence-corrected chi connectivity index (χ4v) is 3.28. The van der Waals surface area contributed by atoms with Gasteiger partial charge < -0.3 is 14.7 Å². The van der Waals surface area contributed by atoms with Crippen molar-refractivity contribution in [2.24, 2.45) is 0 Å². The van der Waals surface area contributed by atoms with Crippen molar-refractivity contribution in [2.45, 2.75) is 51.7 Å². The number of hydrogen-bond acceptors (Lipinski definition) is 4. The molecule has 1 aliphatic heterocycles. The number of benzene rings is 1. The van der Waals surface area contributed by atoms with Crippen LogP contribution in [0.1, 0.15) is 47.2 Å². The van der Waals surface area contributed by atoms with Gasteiger partial charge in [-0.15, -0.1) is 0 Å². The Kier molecular flexibility index (Phi) is 6.31. The van der Waals surface area contributed by atoms with Gasteiger partial charge in [0.25, 0.3) is 0 Å². The predicted octanol–water partition coefficient (Wildman–Crippen LogP) is 2.36. The average molecular weight is 347 g/mol. The lowest BCUT2D eigenvalue weighted by molar-refractivity contribution is -0.139. The fourth-order valence-electron chi connectivity index (χ4n) is 3.28. The lowest BCUT2D eigenvalue weighted by Crippen LogP contribution is -2.37. The number of ether oxygens (including phenoxy) is 1. The molecule has 6 nitrogen and oxygen atoms in total. The number of rotatable bonds is 7. The van der Waals surface area contributed by atoms with E-state index in [1.807, 2.05) is 32.0 Å². The van der Waals surface area contributed by atoms with Crippen LogP contribution >= 0.6 is 0 Å². The van der Waals surface area contributed by atoms with Gasteiger partial charge in [0.05, 0.1) is 12.5 Å². The minimum Gasteiger partial charge on any atom is -0.481 e. The van der Waals surface area contributed by atoms with Gasteiger partial charge in [-0.25, -0.2) is 0 Å². The number of carboxylic acids is 1. The quantitative estimate of drug-likeness (QED) is 0.766. The van der Waals surface area contributed by atoms with E-state index in [2.05, 4.69) is 0 Å². The number of amides is 1. The van der Waals surface area contributed by atoms with Crippen molar-refractivity contribution in [2.75, 3.05) is 13.7 Å². The van der Waals surface area contributed by atoms with Crippen molar-refractivity contribution in [3.63, 3.8) is 0 Å². The number of nitrogens with zero attached hydrogens (tertiary/aromatic N) is 1. The van der Waals surface area contributed by atoms with Crippen LogP contribution in [0.5, 0.6) is 0 Å². The Labute approximate surface area is 147 Å². The lowest BCUT2D eigenvalue weighted by atomic mass is 9.99. The first-order valence-electron chi connectivity index (χ1n) is 8.46. The zero-order valence-corrected chi connectivity index (χ0v) is 14.9. The minimum atomic E-state index is -0.939. The fraction of sp³-hybridized carbons (Fsp3) is 0.526. The highest BCUT2D eigenvalue weighted by Crippen LogP contribution is 2.24. The topological polar surface area (TPSA) is 83.9 Å². The molecule has 2 unspecified atom stereocenters. The highest BCUT2D eigenvalue weighted by atomic mass is 16.5. The maximum absolute atomic E-state index is 12.5. The summed E-state index contributed by atoms with van der Waals surface area (Å²) in [5, 5.41) is 9.02. The zero-order chi connectivity index (χ0) is 18.6. The van der Waals surface area contributed by atoms with Gasteiger partial charge in [-0.3, -0.25) is 14.4 Å². The van der Waals surface area contributed by atoms with Crippen LogP contribution in [0.2, 0.25) is 0 Å². The molecule has 1 saturated heterocycles. The number of ketones is 1. The van der Waals surface area contributed by atoms with Crippen LogP contribution in [-0.2, 0) is 14.3 Å². The number of Topliss-reactive ketones (excluding diaryl/α,β-unsaturated/α-hetero) is 1. The summed E-state index contributed by atoms with van der Waals surface area (Å²) in [5.74, 6) is -1.19. The van der Waals surface area contributed by atoms with Crippen molar-refractivity contribution in [3.05, 3.63) is 34.9 Å². The summed E-state index contributed by atoms with van der Waals surface area (Å²) in [5.41, 5.74) is 2.54. The number of hydrogen-bond donors (Lipinski definition) is 1. The second kappa shape index (κ2) is 8.25. The van der Waals surface area contributed by atoms with E-state index in [1.54, 1.807) is 12.0 Å². The molecular weight excluding hydrogens is 322 g/mol. The number of carboxylic acid groups (broad SMARTS) is 1. The normalized spacial score (nSPS) is 19.9. The molecule has 1 aromatic carbocycles. The second-order valence-electron chi connectivity index (χ2n) is 6.63. The lowest BCUT2D eigenvalue weighted by Gasteiger charge is -2.23. The number of aryl methyl sites for hydroxylation is 2. The van der Waals surface area contributed by atoms with Gasteiger partial charge in [-0.05, 0) is 31.9 Å². The number of carbonyl (C=O) groups is 3. The third-order valence-electron chi connectivity index (χ3n) is 4.70. The van der Waals surface area contributed by atoms with Gasteiger partial charge >= 0.3 is 5.97 Å². The Morgan fingerprint density at radius 2 is 1.96 bits per heavy atom. The first-order valence-corrected chi connectivity index (χ1v) is 8.46. The van der Waals surface area contributed by atoms with Crippen LogP contribution < -0.4 is 0 Å². The minimum absolute atomic E-state index is 0.0631. The van der Waals surface area contributed by atoms with Gasteiger partial charge in [0.2, 0.25) is 5.91 Å². The molecule has 25 heavy (non-hydrogen) atoms. The summed E-state index contributed by atoms with van der Waals surface area (Å²) in [6.45, 7) is 4.18. The Hall–Kier alpha value is -2.21. The molecule has 136 valence electrons. The molecule has 0 bridgehead atoms. The van der Waals surface area contributed by atoms with E-state index in [1.165, 1.54) is 0 Å². The van der Waals surface area contributed by atoms with E-state index >= 15 is 0 Å². The van der Waals surface area contributed by atoms with Crippen LogP contribution in [-0.4, -0.2) is 53.5 Å². The molecule has 0 aromatic heterocycles. The third kappa shape index (κ3) is 4.89. The summed E-state index contributed by atoms with van der Waals surface area (Å²) in [4.78, 5) is 37.5. The van der Waals surface area contributed by atoms with Crippen LogP contribution in [0.3, 0.4) is 0 Å². The summed E-state index contributed by atoms with van der Waals surface area (Å²) in [6.07, 6.45) is 0.467. The van der Waals surface area contributed by atoms with E-state index in [9.17, 15) is 14.4 Å². The van der Waals surface area contributed by atoms with Gasteiger partial charge in [-0.1, -0.05) is 17.7 Å². The SMILES string of the molecule is COC1CC(CC(=O)O)N(C(=O)CCC(=O)c2cc(C)ccc2C)C1. The summed E-state index contributed by atoms with van der Waals surface area (Å²) >= 11 is 0. The molecule has 1 heterocycles. The Morgan fingerprint density at radius 3 is 2.60 bits per heavy atom. The monoisotopic (exact) mass is 347 g/mol. The first-order chi connectivity index (χ1) is 11.8. The molecule has 2 atom stereocenters. The molecule has 1 N–H and O–H groups in total. The van der Waals surface area contributed by atoms with Gasteiger partial charge in [0.1, 0.15) is 0 Å². The summed E-state index contributed by atoms with van der Waals surface area (Å²) in [6, 6.07) is 5.32. The molecule has 1 aromatic rings. The number of aliphatic carboxylic acids is 1. The molecule has 0 saturated carbocycles. The molecule has 0 spiro atoms. The smallest absolute Gasteiger partial charge is 0.305 e. The van der Waals surface area contributed by atoms with Gasteiger partial charge in [0.15, 0.2) is 5.78 Å². The Bertz CT molecular complexity index is 670. The van der Waals surface area contributed by atoms with Crippen LogP contribution in [0, 0.1) is 13.8 Å². The molecule has 0 radical (unpaired) electrons. The van der Waals surface area contributed by atoms with Crippen molar-refractivity contribution >= 4 is 17.7 Å². The number of carbonyl (C=O) groups excluding carboxylic acids is 2. The molecule has 2 rings (SSSR count). The summed E-state index contributed by atoms with van der Waals surface area (Å²) in [7, 11) is 1.56. The Morgan fingerprint density at radius 1 is 1.24 bits per heavy atom. The third-order valence-corrected chi connectivity index (χ3v) is 4.70. The summed E-state index contributed by atoms with van der Waals surface area (Å²) < 4.78 is 5.27. The van der Waals surface area contributed by atoms with Crippen molar-refractivity contribution < 1.29 is 24.2 Å². The van der Waals surface area contributed by atoms with E-state index in [4.69, 9.17) is 9.84 Å². The van der Waals surface area contributed by atoms with E-state index in [-0.39, 0.29) is 43.1 Å². The van der Waals surface area contributed by atoms with Crippen molar-refractivity contribution in [1.82, 2.24) is 4.90 Å². The van der Waals surface area contributed by atoms with Crippen molar-refractivity contribution in [1.29, 1.82) is 0 Å². The maximum atomic E-state index is 12.5. The number of likely N-dealkylation sites (tertiary alicyclic amines) is 1. The van der Waals surface area contributed by atoms with E-state index in [0.29, 0.717) is 18.5 Å². The van der Waals surface area contributed by atoms with Gasteiger partial charge in [0, 0.05) is 38.1 Å². The number of methoxy groups -OCH3 is 1. The highest BCUT2D eigenvalue weighted by molar-refractivity contribution is 5.99. The largest absolute Gasteiger partial charge is 0.481 e. The molecule has 1 fully saturated rings. The molecule has 0 aliphatic carbocycles. The average Bonchev–Trinajstić information content (AvgIpc) is 2.96. The van der Waals surface area contributed by atoms with Gasteiger partial charge in [-0.2, -0.15) is 0 Å². The first kappa shape index (κ1) is 19.1. The second-order valence-corrected chi connectivity index (χ2v) is 6.63. The molecular formula is C19H25NO5. The van der Waals surface area contributed by atoms with Crippen LogP contribution in [0.25, 0.3) is 0 Å². The van der Waals surface area contributed by atoms with Crippen LogP contribution in [0.15, 0.2) is 18.2 Å². The van der Waals surface area contributed by atoms with Crippen LogP contribution in [0.4, 0.5) is 0 Å². The molecule has 1 amide bonds. The molecule has 6 heteroatoms. The zero-order valence-electron chi connectivity index (χ0n) is 14.9. The van der Waals surface area contributed by atoms with Crippen molar-refractivity contribution in [3.8, 4) is 0 Å². The van der Waals surface area contributed by atoms with E-state index < -0.39 is 5.97 Å². The highest BCUT2D eigenvalue weighted by Gasteiger charge is 2.36. The standard InChI is InChI=1S/C19H25NO5/c1-12-4-5-13(2)16(8-12)17(21)6-7-18(22)20-11-15(25-3)9-14(20)10-19(23)24/h4-5,8,14-15H,6-7,9-11H2,1-3H3,(H,23,24). The maximum Gasteiger partial charge on any atom is 0.305 e. The predicted molar refractivity (Wildman–Crippen MR) is 92.6 cm³/mol. The van der Waals surface area contributed by atoms with E-state index in [0.717, 1.165) is 11.1 Å².